The second kappa shape index (κ2) is 4.08. The molecule has 0 aliphatic carbocycles. The van der Waals surface area contributed by atoms with Crippen LogP contribution in [0.2, 0.25) is 0 Å². The Morgan fingerprint density at radius 1 is 1.10 bits per heavy atom. The van der Waals surface area contributed by atoms with Crippen molar-refractivity contribution in [3.63, 3.8) is 0 Å². The molecule has 94 valence electrons. The lowest BCUT2D eigenvalue weighted by atomic mass is 10.1. The van der Waals surface area contributed by atoms with E-state index in [1.165, 1.54) is 6.07 Å². The normalized spacial score (nSPS) is 10.3. The van der Waals surface area contributed by atoms with Crippen LogP contribution in [0.5, 0.6) is 0 Å². The van der Waals surface area contributed by atoms with E-state index in [9.17, 15) is 0 Å². The van der Waals surface area contributed by atoms with Crippen molar-refractivity contribution in [2.24, 2.45) is 0 Å². The molecule has 0 amide bonds. The van der Waals surface area contributed by atoms with Crippen molar-refractivity contribution < 1.29 is 0 Å². The van der Waals surface area contributed by atoms with Gasteiger partial charge in [-0.3, -0.25) is 4.98 Å². The van der Waals surface area contributed by atoms with Crippen molar-refractivity contribution in [1.29, 1.82) is 10.5 Å². The van der Waals surface area contributed by atoms with Crippen LogP contribution in [-0.2, 0) is 0 Å². The van der Waals surface area contributed by atoms with Gasteiger partial charge in [0, 0.05) is 11.6 Å². The number of hydrogen-bond donors (Lipinski definition) is 2. The van der Waals surface area contributed by atoms with Crippen LogP contribution >= 0.6 is 0 Å². The molecular formula is C14H8N6. The molecule has 0 saturated carbocycles. The molecule has 2 aromatic heterocycles. The maximum absolute atomic E-state index is 9.16. The predicted molar refractivity (Wildman–Crippen MR) is 75.3 cm³/mol. The van der Waals surface area contributed by atoms with Gasteiger partial charge in [-0.2, -0.15) is 10.5 Å². The minimum absolute atomic E-state index is 0.191. The van der Waals surface area contributed by atoms with Gasteiger partial charge in [-0.05, 0) is 18.2 Å². The van der Waals surface area contributed by atoms with E-state index in [-0.39, 0.29) is 17.1 Å². The summed E-state index contributed by atoms with van der Waals surface area (Å²) in [4.78, 5) is 8.45. The first-order valence-electron chi connectivity index (χ1n) is 5.73. The third-order valence-corrected chi connectivity index (χ3v) is 3.11. The minimum Gasteiger partial charge on any atom is -0.397 e. The molecule has 3 aromatic rings. The fourth-order valence-corrected chi connectivity index (χ4v) is 2.21. The van der Waals surface area contributed by atoms with E-state index in [2.05, 4.69) is 9.97 Å². The van der Waals surface area contributed by atoms with Gasteiger partial charge in [-0.15, -0.1) is 0 Å². The van der Waals surface area contributed by atoms with E-state index in [1.54, 1.807) is 18.3 Å². The average Bonchev–Trinajstić information content (AvgIpc) is 2.84. The number of rotatable bonds is 0. The Labute approximate surface area is 113 Å². The Morgan fingerprint density at radius 3 is 2.60 bits per heavy atom. The fourth-order valence-electron chi connectivity index (χ4n) is 2.21. The number of anilines is 2. The van der Waals surface area contributed by atoms with Gasteiger partial charge >= 0.3 is 0 Å². The molecule has 0 spiro atoms. The molecule has 3 rings (SSSR count). The van der Waals surface area contributed by atoms with Crippen molar-refractivity contribution in [2.45, 2.75) is 0 Å². The lowest BCUT2D eigenvalue weighted by Gasteiger charge is -2.03. The first-order valence-corrected chi connectivity index (χ1v) is 5.73. The highest BCUT2D eigenvalue weighted by Gasteiger charge is 2.13. The zero-order chi connectivity index (χ0) is 14.3. The number of hydrogen-bond acceptors (Lipinski definition) is 6. The molecule has 6 nitrogen and oxygen atoms in total. The standard InChI is InChI=1S/C14H8N6/c15-5-7-3-8(6-16)12(17)11-9(4-7)13-10(1-2-19-13)20-14(11)18/h1-4H,17H2,(H2,18,20). The Bertz CT molecular complexity index is 946. The van der Waals surface area contributed by atoms with E-state index < -0.39 is 0 Å². The van der Waals surface area contributed by atoms with Crippen molar-refractivity contribution >= 4 is 33.3 Å². The molecule has 0 fully saturated rings. The van der Waals surface area contributed by atoms with E-state index in [1.807, 2.05) is 12.1 Å². The van der Waals surface area contributed by atoms with Gasteiger partial charge in [0.25, 0.3) is 0 Å². The summed E-state index contributed by atoms with van der Waals surface area (Å²) in [6.07, 6.45) is 1.61. The number of nitriles is 2. The summed E-state index contributed by atoms with van der Waals surface area (Å²) in [5.41, 5.74) is 13.9. The van der Waals surface area contributed by atoms with Crippen LogP contribution in [0.15, 0.2) is 24.4 Å². The molecule has 0 radical (unpaired) electrons. The second-order valence-corrected chi connectivity index (χ2v) is 4.26. The van der Waals surface area contributed by atoms with Crippen molar-refractivity contribution in [3.05, 3.63) is 35.5 Å². The summed E-state index contributed by atoms with van der Waals surface area (Å²) in [6, 6.07) is 8.78. The van der Waals surface area contributed by atoms with Crippen molar-refractivity contribution in [2.75, 3.05) is 11.5 Å². The molecule has 0 unspecified atom stereocenters. The van der Waals surface area contributed by atoms with Crippen LogP contribution in [-0.4, -0.2) is 9.97 Å². The number of nitrogens with zero attached hydrogens (tertiary/aromatic N) is 4. The Hall–Kier alpha value is -3.38. The lowest BCUT2D eigenvalue weighted by Crippen LogP contribution is -1.96. The van der Waals surface area contributed by atoms with Crippen LogP contribution in [0.3, 0.4) is 0 Å². The number of pyridine rings is 1. The summed E-state index contributed by atoms with van der Waals surface area (Å²) in [5.74, 6) is 0.217. The van der Waals surface area contributed by atoms with E-state index in [4.69, 9.17) is 22.0 Å². The van der Waals surface area contributed by atoms with Gasteiger partial charge in [0.1, 0.15) is 11.9 Å². The first kappa shape index (κ1) is 11.7. The van der Waals surface area contributed by atoms with E-state index in [0.29, 0.717) is 27.4 Å². The van der Waals surface area contributed by atoms with Gasteiger partial charge in [-0.25, -0.2) is 4.98 Å². The summed E-state index contributed by atoms with van der Waals surface area (Å²) < 4.78 is 0. The first-order chi connectivity index (χ1) is 9.65. The largest absolute Gasteiger partial charge is 0.397 e. The third kappa shape index (κ3) is 1.49. The number of nitrogens with two attached hydrogens (primary N) is 2. The van der Waals surface area contributed by atoms with Gasteiger partial charge in [0.2, 0.25) is 0 Å². The highest BCUT2D eigenvalue weighted by Crippen LogP contribution is 2.32. The van der Waals surface area contributed by atoms with Crippen LogP contribution in [0.4, 0.5) is 11.5 Å². The number of nitrogen functional groups attached to an aromatic ring is 2. The molecule has 0 bridgehead atoms. The molecule has 0 aliphatic heterocycles. The SMILES string of the molecule is N#Cc1cc(C#N)c(N)c2c(N)nc3ccnc3c2c1. The number of aromatic nitrogens is 2. The Balaban J connectivity index is 2.71. The highest BCUT2D eigenvalue weighted by atomic mass is 14.9. The highest BCUT2D eigenvalue weighted by molar-refractivity contribution is 6.13. The zero-order valence-corrected chi connectivity index (χ0v) is 10.3. The summed E-state index contributed by atoms with van der Waals surface area (Å²) in [6.45, 7) is 0. The fraction of sp³-hybridized carbons (Fsp3) is 0. The van der Waals surface area contributed by atoms with Gasteiger partial charge in [0.05, 0.1) is 39.3 Å². The van der Waals surface area contributed by atoms with Gasteiger partial charge < -0.3 is 11.5 Å². The summed E-state index contributed by atoms with van der Waals surface area (Å²) >= 11 is 0. The van der Waals surface area contributed by atoms with Crippen molar-refractivity contribution in [3.8, 4) is 12.1 Å². The zero-order valence-electron chi connectivity index (χ0n) is 10.3. The third-order valence-electron chi connectivity index (χ3n) is 3.11. The van der Waals surface area contributed by atoms with E-state index in [0.717, 1.165) is 0 Å². The second-order valence-electron chi connectivity index (χ2n) is 4.26. The maximum Gasteiger partial charge on any atom is 0.134 e. The topological polar surface area (TPSA) is 125 Å². The minimum atomic E-state index is 0.191. The summed E-state index contributed by atoms with van der Waals surface area (Å²) in [5, 5.41) is 19.4. The number of fused-ring (bicyclic) bond motifs is 3. The van der Waals surface area contributed by atoms with Crippen LogP contribution in [0.25, 0.3) is 21.8 Å². The maximum atomic E-state index is 9.16. The van der Waals surface area contributed by atoms with Crippen LogP contribution < -0.4 is 11.5 Å². The molecule has 0 atom stereocenters. The monoisotopic (exact) mass is 260 g/mol. The Kier molecular flexibility index (Phi) is 2.38. The predicted octanol–water partition coefficient (Wildman–Crippen LogP) is 1.69. The van der Waals surface area contributed by atoms with Gasteiger partial charge in [-0.1, -0.05) is 0 Å². The van der Waals surface area contributed by atoms with E-state index >= 15 is 0 Å². The lowest BCUT2D eigenvalue weighted by molar-refractivity contribution is 1.44. The quantitative estimate of drug-likeness (QED) is 0.633. The molecule has 4 N–H and O–H groups in total. The van der Waals surface area contributed by atoms with Crippen LogP contribution in [0, 0.1) is 22.7 Å². The molecule has 6 heteroatoms. The summed E-state index contributed by atoms with van der Waals surface area (Å²) in [7, 11) is 0. The molecule has 20 heavy (non-hydrogen) atoms. The average molecular weight is 260 g/mol. The smallest absolute Gasteiger partial charge is 0.134 e. The molecule has 2 heterocycles. The molecule has 0 saturated heterocycles. The molecule has 0 aliphatic rings. The van der Waals surface area contributed by atoms with Crippen molar-refractivity contribution in [1.82, 2.24) is 9.97 Å². The Morgan fingerprint density at radius 2 is 1.90 bits per heavy atom. The molecular weight excluding hydrogens is 252 g/mol. The molecule has 1 aromatic carbocycles. The van der Waals surface area contributed by atoms with Crippen LogP contribution in [0.1, 0.15) is 11.1 Å². The van der Waals surface area contributed by atoms with Gasteiger partial charge in [0.15, 0.2) is 0 Å².